The smallest absolute Gasteiger partial charge is 0.287 e. The number of amides is 1. The van der Waals surface area contributed by atoms with Gasteiger partial charge in [-0.05, 0) is 25.5 Å². The lowest BCUT2D eigenvalue weighted by Gasteiger charge is -2.06. The molecule has 1 amide bonds. The van der Waals surface area contributed by atoms with Crippen LogP contribution in [0.15, 0.2) is 39.5 Å². The van der Waals surface area contributed by atoms with Crippen molar-refractivity contribution >= 4 is 16.9 Å². The number of hydrogen-bond donors (Lipinski definition) is 2. The third-order valence-corrected chi connectivity index (χ3v) is 2.71. The van der Waals surface area contributed by atoms with Gasteiger partial charge in [0.2, 0.25) is 0 Å². The van der Waals surface area contributed by atoms with Crippen molar-refractivity contribution in [2.45, 2.75) is 19.4 Å². The van der Waals surface area contributed by atoms with Crippen molar-refractivity contribution in [3.05, 3.63) is 46.3 Å². The SMILES string of the molecule is CC(O)CCNC(=O)c1cc(=O)c2ccccc2o1. The van der Waals surface area contributed by atoms with E-state index in [0.29, 0.717) is 23.9 Å². The molecule has 0 fully saturated rings. The van der Waals surface area contributed by atoms with Crippen LogP contribution in [0.5, 0.6) is 0 Å². The molecule has 1 heterocycles. The summed E-state index contributed by atoms with van der Waals surface area (Å²) in [6, 6.07) is 7.95. The first-order valence-electron chi connectivity index (χ1n) is 6.07. The van der Waals surface area contributed by atoms with Crippen LogP contribution in [0.3, 0.4) is 0 Å². The lowest BCUT2D eigenvalue weighted by atomic mass is 10.2. The average molecular weight is 261 g/mol. The zero-order valence-corrected chi connectivity index (χ0v) is 10.6. The maximum absolute atomic E-state index is 11.8. The van der Waals surface area contributed by atoms with Crippen LogP contribution < -0.4 is 10.7 Å². The monoisotopic (exact) mass is 261 g/mol. The second-order valence-electron chi connectivity index (χ2n) is 4.36. The van der Waals surface area contributed by atoms with Crippen LogP contribution in [0, 0.1) is 0 Å². The molecule has 0 bridgehead atoms. The molecule has 19 heavy (non-hydrogen) atoms. The number of fused-ring (bicyclic) bond motifs is 1. The van der Waals surface area contributed by atoms with Crippen LogP contribution in [0.2, 0.25) is 0 Å². The standard InChI is InChI=1S/C14H15NO4/c1-9(16)6-7-15-14(18)13-8-11(17)10-4-2-3-5-12(10)19-13/h2-5,8-9,16H,6-7H2,1H3,(H,15,18). The quantitative estimate of drug-likeness (QED) is 0.869. The van der Waals surface area contributed by atoms with E-state index in [1.54, 1.807) is 31.2 Å². The Bertz CT molecular complexity index is 645. The van der Waals surface area contributed by atoms with Gasteiger partial charge < -0.3 is 14.8 Å². The molecule has 1 unspecified atom stereocenters. The molecule has 1 atom stereocenters. The molecule has 0 saturated heterocycles. The second kappa shape index (κ2) is 5.67. The predicted molar refractivity (Wildman–Crippen MR) is 71.1 cm³/mol. The number of para-hydroxylation sites is 1. The highest BCUT2D eigenvalue weighted by Crippen LogP contribution is 2.11. The number of carbonyl (C=O) groups is 1. The van der Waals surface area contributed by atoms with E-state index in [0.717, 1.165) is 0 Å². The minimum atomic E-state index is -0.482. The molecule has 0 spiro atoms. The summed E-state index contributed by atoms with van der Waals surface area (Å²) < 4.78 is 5.39. The van der Waals surface area contributed by atoms with Crippen molar-refractivity contribution in [2.24, 2.45) is 0 Å². The fourth-order valence-corrected chi connectivity index (χ4v) is 1.70. The van der Waals surface area contributed by atoms with Gasteiger partial charge in [-0.25, -0.2) is 0 Å². The molecule has 5 nitrogen and oxygen atoms in total. The fourth-order valence-electron chi connectivity index (χ4n) is 1.70. The summed E-state index contributed by atoms with van der Waals surface area (Å²) in [4.78, 5) is 23.6. The molecule has 0 aliphatic carbocycles. The molecule has 0 radical (unpaired) electrons. The number of hydrogen-bond acceptors (Lipinski definition) is 4. The molecular formula is C14H15NO4. The van der Waals surface area contributed by atoms with Gasteiger partial charge in [-0.3, -0.25) is 9.59 Å². The summed E-state index contributed by atoms with van der Waals surface area (Å²) in [7, 11) is 0. The molecule has 2 aromatic rings. The molecule has 2 rings (SSSR count). The van der Waals surface area contributed by atoms with Crippen LogP contribution in [0.1, 0.15) is 23.9 Å². The first-order chi connectivity index (χ1) is 9.08. The summed E-state index contributed by atoms with van der Waals surface area (Å²) in [6.07, 6.45) is -0.0345. The van der Waals surface area contributed by atoms with Gasteiger partial charge in [0.05, 0.1) is 11.5 Å². The molecule has 1 aromatic heterocycles. The van der Waals surface area contributed by atoms with E-state index < -0.39 is 12.0 Å². The number of aliphatic hydroxyl groups excluding tert-OH is 1. The summed E-state index contributed by atoms with van der Waals surface area (Å²) in [6.45, 7) is 1.97. The molecule has 0 saturated carbocycles. The minimum absolute atomic E-state index is 0.0192. The summed E-state index contributed by atoms with van der Waals surface area (Å²) in [5.41, 5.74) is 0.137. The molecular weight excluding hydrogens is 246 g/mol. The lowest BCUT2D eigenvalue weighted by molar-refractivity contribution is 0.0918. The van der Waals surface area contributed by atoms with Gasteiger partial charge in [0, 0.05) is 12.6 Å². The Hall–Kier alpha value is -2.14. The van der Waals surface area contributed by atoms with Crippen molar-refractivity contribution in [2.75, 3.05) is 6.54 Å². The van der Waals surface area contributed by atoms with Crippen LogP contribution in [-0.2, 0) is 0 Å². The van der Waals surface area contributed by atoms with E-state index in [2.05, 4.69) is 5.32 Å². The van der Waals surface area contributed by atoms with Crippen LogP contribution in [-0.4, -0.2) is 23.7 Å². The largest absolute Gasteiger partial charge is 0.451 e. The van der Waals surface area contributed by atoms with Crippen LogP contribution >= 0.6 is 0 Å². The second-order valence-corrected chi connectivity index (χ2v) is 4.36. The Morgan fingerprint density at radius 1 is 1.42 bits per heavy atom. The van der Waals surface area contributed by atoms with Gasteiger partial charge in [0.15, 0.2) is 11.2 Å². The van der Waals surface area contributed by atoms with E-state index in [1.165, 1.54) is 6.07 Å². The van der Waals surface area contributed by atoms with Crippen LogP contribution in [0.25, 0.3) is 11.0 Å². The molecule has 5 heteroatoms. The third-order valence-electron chi connectivity index (χ3n) is 2.71. The maximum atomic E-state index is 11.8. The zero-order valence-electron chi connectivity index (χ0n) is 10.6. The van der Waals surface area contributed by atoms with Gasteiger partial charge in [-0.2, -0.15) is 0 Å². The maximum Gasteiger partial charge on any atom is 0.287 e. The molecule has 0 aliphatic rings. The Kier molecular flexibility index (Phi) is 3.97. The number of benzene rings is 1. The number of carbonyl (C=O) groups excluding carboxylic acids is 1. The van der Waals surface area contributed by atoms with Gasteiger partial charge in [-0.1, -0.05) is 12.1 Å². The number of rotatable bonds is 4. The Balaban J connectivity index is 2.21. The van der Waals surface area contributed by atoms with Crippen molar-refractivity contribution in [3.8, 4) is 0 Å². The summed E-state index contributed by atoms with van der Waals surface area (Å²) in [5.74, 6) is -0.474. The van der Waals surface area contributed by atoms with Crippen molar-refractivity contribution < 1.29 is 14.3 Å². The van der Waals surface area contributed by atoms with Crippen molar-refractivity contribution in [1.82, 2.24) is 5.32 Å². The number of aliphatic hydroxyl groups is 1. The Morgan fingerprint density at radius 2 is 2.16 bits per heavy atom. The molecule has 0 aliphatic heterocycles. The van der Waals surface area contributed by atoms with Crippen LogP contribution in [0.4, 0.5) is 0 Å². The first kappa shape index (κ1) is 13.3. The Labute approximate surface area is 109 Å². The molecule has 2 N–H and O–H groups in total. The summed E-state index contributed by atoms with van der Waals surface area (Å²) >= 11 is 0. The minimum Gasteiger partial charge on any atom is -0.451 e. The highest BCUT2D eigenvalue weighted by molar-refractivity contribution is 5.93. The first-order valence-corrected chi connectivity index (χ1v) is 6.07. The van der Waals surface area contributed by atoms with E-state index in [9.17, 15) is 9.59 Å². The fraction of sp³-hybridized carbons (Fsp3) is 0.286. The lowest BCUT2D eigenvalue weighted by Crippen LogP contribution is -2.27. The zero-order chi connectivity index (χ0) is 13.8. The van der Waals surface area contributed by atoms with Gasteiger partial charge in [0.1, 0.15) is 5.58 Å². The van der Waals surface area contributed by atoms with Gasteiger partial charge >= 0.3 is 0 Å². The van der Waals surface area contributed by atoms with E-state index >= 15 is 0 Å². The number of nitrogens with one attached hydrogen (secondary N) is 1. The van der Waals surface area contributed by atoms with Gasteiger partial charge in [0.25, 0.3) is 5.91 Å². The van der Waals surface area contributed by atoms with E-state index in [-0.39, 0.29) is 11.2 Å². The predicted octanol–water partition coefficient (Wildman–Crippen LogP) is 1.29. The highest BCUT2D eigenvalue weighted by atomic mass is 16.3. The topological polar surface area (TPSA) is 79.5 Å². The van der Waals surface area contributed by atoms with E-state index in [4.69, 9.17) is 9.52 Å². The van der Waals surface area contributed by atoms with Gasteiger partial charge in [-0.15, -0.1) is 0 Å². The normalized spacial score (nSPS) is 12.3. The van der Waals surface area contributed by atoms with Crippen molar-refractivity contribution in [3.63, 3.8) is 0 Å². The molecule has 1 aromatic carbocycles. The summed E-state index contributed by atoms with van der Waals surface area (Å²) in [5, 5.41) is 12.1. The average Bonchev–Trinajstić information content (AvgIpc) is 2.38. The third kappa shape index (κ3) is 3.20. The Morgan fingerprint density at radius 3 is 2.89 bits per heavy atom. The van der Waals surface area contributed by atoms with Crippen molar-refractivity contribution in [1.29, 1.82) is 0 Å². The highest BCUT2D eigenvalue weighted by Gasteiger charge is 2.11. The van der Waals surface area contributed by atoms with E-state index in [1.807, 2.05) is 0 Å². The molecule has 100 valence electrons.